The fraction of sp³-hybridized carbons (Fsp3) is 0.500. The first-order valence-electron chi connectivity index (χ1n) is 5.26. The molecule has 0 amide bonds. The van der Waals surface area contributed by atoms with Gasteiger partial charge < -0.3 is 5.73 Å². The number of hydrogen-bond donors (Lipinski definition) is 1. The quantitative estimate of drug-likeness (QED) is 0.833. The molecule has 0 aromatic heterocycles. The van der Waals surface area contributed by atoms with Gasteiger partial charge in [0.2, 0.25) is 0 Å². The maximum atomic E-state index is 5.97. The summed E-state index contributed by atoms with van der Waals surface area (Å²) < 4.78 is 1.10. The summed E-state index contributed by atoms with van der Waals surface area (Å²) in [7, 11) is 0. The monoisotopic (exact) mass is 287 g/mol. The molecule has 1 aromatic carbocycles. The molecule has 0 heterocycles. The van der Waals surface area contributed by atoms with Crippen molar-refractivity contribution in [1.82, 2.24) is 0 Å². The first kappa shape index (κ1) is 13.1. The lowest BCUT2D eigenvalue weighted by molar-refractivity contribution is 0.794. The summed E-state index contributed by atoms with van der Waals surface area (Å²) in [6.45, 7) is 6.49. The highest BCUT2D eigenvalue weighted by Crippen LogP contribution is 2.32. The Morgan fingerprint density at radius 2 is 2.07 bits per heavy atom. The van der Waals surface area contributed by atoms with Crippen molar-refractivity contribution in [3.05, 3.63) is 28.2 Å². The van der Waals surface area contributed by atoms with Gasteiger partial charge in [0.1, 0.15) is 0 Å². The van der Waals surface area contributed by atoms with Gasteiger partial charge in [0.15, 0.2) is 0 Å². The second-order valence-corrected chi connectivity index (χ2v) is 6.20. The number of halogens is 1. The van der Waals surface area contributed by atoms with Gasteiger partial charge in [-0.25, -0.2) is 0 Å². The van der Waals surface area contributed by atoms with Crippen molar-refractivity contribution in [3.63, 3.8) is 0 Å². The zero-order valence-corrected chi connectivity index (χ0v) is 11.9. The van der Waals surface area contributed by atoms with Crippen LogP contribution in [0.5, 0.6) is 0 Å². The van der Waals surface area contributed by atoms with Crippen molar-refractivity contribution in [3.8, 4) is 0 Å². The molecule has 1 rings (SSSR count). The van der Waals surface area contributed by atoms with E-state index in [0.717, 1.165) is 4.47 Å². The van der Waals surface area contributed by atoms with Crippen LogP contribution in [0.3, 0.4) is 0 Å². The molecule has 0 fully saturated rings. The van der Waals surface area contributed by atoms with E-state index in [4.69, 9.17) is 5.73 Å². The van der Waals surface area contributed by atoms with Crippen molar-refractivity contribution < 1.29 is 0 Å². The van der Waals surface area contributed by atoms with Gasteiger partial charge in [-0.05, 0) is 37.1 Å². The lowest BCUT2D eigenvalue weighted by Gasteiger charge is -2.15. The van der Waals surface area contributed by atoms with Gasteiger partial charge in [0.05, 0.1) is 0 Å². The van der Waals surface area contributed by atoms with Crippen LogP contribution in [0, 0.1) is 0 Å². The van der Waals surface area contributed by atoms with Gasteiger partial charge in [-0.2, -0.15) is 0 Å². The van der Waals surface area contributed by atoms with Gasteiger partial charge in [0.25, 0.3) is 0 Å². The molecule has 2 N–H and O–H groups in total. The highest BCUT2D eigenvalue weighted by Gasteiger charge is 2.10. The fourth-order valence-electron chi connectivity index (χ4n) is 1.28. The molecule has 2 unspecified atom stereocenters. The molecule has 0 saturated heterocycles. The van der Waals surface area contributed by atoms with E-state index in [9.17, 15) is 0 Å². The Kier molecular flexibility index (Phi) is 5.16. The topological polar surface area (TPSA) is 26.0 Å². The summed E-state index contributed by atoms with van der Waals surface area (Å²) in [6, 6.07) is 6.44. The van der Waals surface area contributed by atoms with Gasteiger partial charge in [-0.15, -0.1) is 11.8 Å². The molecule has 0 bridgehead atoms. The Hall–Kier alpha value is 0.01000. The average Bonchev–Trinajstić information content (AvgIpc) is 2.20. The van der Waals surface area contributed by atoms with Crippen LogP contribution < -0.4 is 5.73 Å². The third-order valence-electron chi connectivity index (χ3n) is 2.37. The third kappa shape index (κ3) is 3.82. The molecular formula is C12H18BrNS. The number of nitrogens with two attached hydrogens (primary N) is 1. The summed E-state index contributed by atoms with van der Waals surface area (Å²) in [4.78, 5) is 1.31. The second kappa shape index (κ2) is 5.92. The van der Waals surface area contributed by atoms with E-state index in [2.05, 4.69) is 48.0 Å². The van der Waals surface area contributed by atoms with Crippen LogP contribution in [0.1, 0.15) is 38.8 Å². The second-order valence-electron chi connectivity index (χ2n) is 3.81. The Balaban J connectivity index is 2.95. The molecule has 3 heteroatoms. The minimum atomic E-state index is 0.0917. The van der Waals surface area contributed by atoms with Crippen molar-refractivity contribution in [2.24, 2.45) is 5.73 Å². The van der Waals surface area contributed by atoms with E-state index in [-0.39, 0.29) is 6.04 Å². The molecule has 15 heavy (non-hydrogen) atoms. The largest absolute Gasteiger partial charge is 0.324 e. The number of benzene rings is 1. The zero-order valence-electron chi connectivity index (χ0n) is 9.46. The molecule has 0 aliphatic carbocycles. The molecule has 0 aliphatic heterocycles. The Morgan fingerprint density at radius 3 is 2.60 bits per heavy atom. The molecule has 0 aliphatic rings. The van der Waals surface area contributed by atoms with E-state index in [1.165, 1.54) is 16.9 Å². The van der Waals surface area contributed by atoms with Crippen LogP contribution in [0.25, 0.3) is 0 Å². The first-order chi connectivity index (χ1) is 7.04. The van der Waals surface area contributed by atoms with Crippen LogP contribution in [0.2, 0.25) is 0 Å². The van der Waals surface area contributed by atoms with Crippen LogP contribution in [-0.2, 0) is 0 Å². The number of hydrogen-bond acceptors (Lipinski definition) is 2. The molecule has 0 spiro atoms. The predicted octanol–water partition coefficient (Wildman–Crippen LogP) is 4.36. The third-order valence-corrected chi connectivity index (χ3v) is 4.22. The minimum absolute atomic E-state index is 0.0917. The highest BCUT2D eigenvalue weighted by atomic mass is 79.9. The van der Waals surface area contributed by atoms with Gasteiger partial charge >= 0.3 is 0 Å². The fourth-order valence-corrected chi connectivity index (χ4v) is 2.79. The molecule has 2 atom stereocenters. The van der Waals surface area contributed by atoms with E-state index >= 15 is 0 Å². The smallest absolute Gasteiger partial charge is 0.0277 e. The Morgan fingerprint density at radius 1 is 1.40 bits per heavy atom. The summed E-state index contributed by atoms with van der Waals surface area (Å²) in [5.41, 5.74) is 7.20. The van der Waals surface area contributed by atoms with Crippen molar-refractivity contribution in [2.75, 3.05) is 0 Å². The van der Waals surface area contributed by atoms with E-state index in [1.807, 2.05) is 18.7 Å². The normalized spacial score (nSPS) is 15.0. The van der Waals surface area contributed by atoms with Crippen LogP contribution in [-0.4, -0.2) is 5.25 Å². The standard InChI is InChI=1S/C12H18BrNS/c1-4-8(2)15-12-6-5-10(13)7-11(12)9(3)14/h5-9H,4,14H2,1-3H3. The Labute approximate surface area is 105 Å². The maximum absolute atomic E-state index is 5.97. The lowest BCUT2D eigenvalue weighted by atomic mass is 10.1. The van der Waals surface area contributed by atoms with Crippen molar-refractivity contribution in [1.29, 1.82) is 0 Å². The Bertz CT molecular complexity index is 325. The molecule has 0 radical (unpaired) electrons. The summed E-state index contributed by atoms with van der Waals surface area (Å²) >= 11 is 5.39. The minimum Gasteiger partial charge on any atom is -0.324 e. The highest BCUT2D eigenvalue weighted by molar-refractivity contribution is 9.10. The van der Waals surface area contributed by atoms with Crippen LogP contribution in [0.4, 0.5) is 0 Å². The molecular weight excluding hydrogens is 270 g/mol. The van der Waals surface area contributed by atoms with E-state index in [1.54, 1.807) is 0 Å². The van der Waals surface area contributed by atoms with Crippen molar-refractivity contribution >= 4 is 27.7 Å². The number of thioether (sulfide) groups is 1. The van der Waals surface area contributed by atoms with Gasteiger partial charge in [-0.3, -0.25) is 0 Å². The van der Waals surface area contributed by atoms with Crippen LogP contribution >= 0.6 is 27.7 Å². The summed E-state index contributed by atoms with van der Waals surface area (Å²) in [6.07, 6.45) is 1.18. The summed E-state index contributed by atoms with van der Waals surface area (Å²) in [5.74, 6) is 0. The molecule has 84 valence electrons. The lowest BCUT2D eigenvalue weighted by Crippen LogP contribution is -2.07. The molecule has 0 saturated carbocycles. The average molecular weight is 288 g/mol. The van der Waals surface area contributed by atoms with E-state index in [0.29, 0.717) is 5.25 Å². The van der Waals surface area contributed by atoms with Gasteiger partial charge in [-0.1, -0.05) is 29.8 Å². The summed E-state index contributed by atoms with van der Waals surface area (Å²) in [5, 5.41) is 0.642. The number of rotatable bonds is 4. The first-order valence-corrected chi connectivity index (χ1v) is 6.93. The molecule has 1 aromatic rings. The predicted molar refractivity (Wildman–Crippen MR) is 72.4 cm³/mol. The van der Waals surface area contributed by atoms with Gasteiger partial charge in [0, 0.05) is 20.7 Å². The van der Waals surface area contributed by atoms with Crippen LogP contribution in [0.15, 0.2) is 27.6 Å². The SMILES string of the molecule is CCC(C)Sc1ccc(Br)cc1C(C)N. The molecule has 1 nitrogen and oxygen atoms in total. The van der Waals surface area contributed by atoms with E-state index < -0.39 is 0 Å². The van der Waals surface area contributed by atoms with Crippen molar-refractivity contribution in [2.45, 2.75) is 43.4 Å². The maximum Gasteiger partial charge on any atom is 0.0277 e. The zero-order chi connectivity index (χ0) is 11.4.